The minimum absolute atomic E-state index is 0.192. The third-order valence-electron chi connectivity index (χ3n) is 2.32. The van der Waals surface area contributed by atoms with Crippen LogP contribution in [0, 0.1) is 0 Å². The summed E-state index contributed by atoms with van der Waals surface area (Å²) in [6, 6.07) is 0. The Balaban J connectivity index is 2.33. The molecule has 1 aliphatic rings. The standard InChI is InChI=1S/C8H16FNS/c9-5-1-3-8(7-10)4-2-6-11-8/h1-7,10H2. The van der Waals surface area contributed by atoms with E-state index in [4.69, 9.17) is 5.73 Å². The van der Waals surface area contributed by atoms with Crippen LogP contribution in [-0.2, 0) is 0 Å². The van der Waals surface area contributed by atoms with Crippen LogP contribution in [-0.4, -0.2) is 23.7 Å². The Labute approximate surface area is 71.9 Å². The van der Waals surface area contributed by atoms with Crippen LogP contribution in [0.3, 0.4) is 0 Å². The molecule has 1 unspecified atom stereocenters. The summed E-state index contributed by atoms with van der Waals surface area (Å²) in [6.45, 7) is 0.528. The largest absolute Gasteiger partial charge is 0.329 e. The molecule has 3 heteroatoms. The Kier molecular flexibility index (Phi) is 3.66. The summed E-state index contributed by atoms with van der Waals surface area (Å²) in [5.41, 5.74) is 5.67. The molecule has 0 aromatic rings. The van der Waals surface area contributed by atoms with Crippen LogP contribution in [0.2, 0.25) is 0 Å². The second-order valence-corrected chi connectivity index (χ2v) is 4.69. The van der Waals surface area contributed by atoms with Crippen molar-refractivity contribution in [1.82, 2.24) is 0 Å². The van der Waals surface area contributed by atoms with Crippen LogP contribution in [0.5, 0.6) is 0 Å². The van der Waals surface area contributed by atoms with Crippen molar-refractivity contribution in [3.8, 4) is 0 Å². The lowest BCUT2D eigenvalue weighted by Crippen LogP contribution is -2.31. The highest BCUT2D eigenvalue weighted by Gasteiger charge is 2.32. The Morgan fingerprint density at radius 3 is 2.82 bits per heavy atom. The van der Waals surface area contributed by atoms with Crippen LogP contribution in [0.15, 0.2) is 0 Å². The van der Waals surface area contributed by atoms with E-state index in [1.165, 1.54) is 18.6 Å². The molecule has 66 valence electrons. The number of halogens is 1. The maximum Gasteiger partial charge on any atom is 0.0895 e. The van der Waals surface area contributed by atoms with Crippen LogP contribution in [0.25, 0.3) is 0 Å². The third-order valence-corrected chi connectivity index (χ3v) is 4.00. The normalized spacial score (nSPS) is 31.1. The molecular weight excluding hydrogens is 161 g/mol. The average molecular weight is 177 g/mol. The van der Waals surface area contributed by atoms with Crippen molar-refractivity contribution in [2.75, 3.05) is 19.0 Å². The first-order chi connectivity index (χ1) is 5.33. The molecule has 1 fully saturated rings. The monoisotopic (exact) mass is 177 g/mol. The summed E-state index contributed by atoms with van der Waals surface area (Å²) in [7, 11) is 0. The third kappa shape index (κ3) is 2.34. The number of alkyl halides is 1. The maximum atomic E-state index is 11.9. The average Bonchev–Trinajstić information content (AvgIpc) is 2.50. The smallest absolute Gasteiger partial charge is 0.0895 e. The Bertz CT molecular complexity index is 113. The lowest BCUT2D eigenvalue weighted by atomic mass is 9.98. The molecule has 0 bridgehead atoms. The molecule has 1 atom stereocenters. The van der Waals surface area contributed by atoms with Gasteiger partial charge in [0.2, 0.25) is 0 Å². The number of hydrogen-bond donors (Lipinski definition) is 1. The van der Waals surface area contributed by atoms with Crippen molar-refractivity contribution < 1.29 is 4.39 Å². The fourth-order valence-corrected chi connectivity index (χ4v) is 3.02. The van der Waals surface area contributed by atoms with Crippen molar-refractivity contribution >= 4 is 11.8 Å². The van der Waals surface area contributed by atoms with Crippen molar-refractivity contribution in [1.29, 1.82) is 0 Å². The van der Waals surface area contributed by atoms with Gasteiger partial charge in [0, 0.05) is 11.3 Å². The Morgan fingerprint density at radius 2 is 2.36 bits per heavy atom. The highest BCUT2D eigenvalue weighted by atomic mass is 32.2. The van der Waals surface area contributed by atoms with E-state index in [0.29, 0.717) is 6.42 Å². The maximum absolute atomic E-state index is 11.9. The van der Waals surface area contributed by atoms with Crippen LogP contribution in [0.1, 0.15) is 25.7 Å². The molecule has 0 spiro atoms. The number of nitrogens with two attached hydrogens (primary N) is 1. The van der Waals surface area contributed by atoms with E-state index in [1.807, 2.05) is 11.8 Å². The predicted octanol–water partition coefficient (Wildman–Crippen LogP) is 1.96. The van der Waals surface area contributed by atoms with Crippen LogP contribution < -0.4 is 5.73 Å². The van der Waals surface area contributed by atoms with Gasteiger partial charge in [-0.15, -0.1) is 0 Å². The van der Waals surface area contributed by atoms with E-state index in [9.17, 15) is 4.39 Å². The van der Waals surface area contributed by atoms with E-state index < -0.39 is 0 Å². The van der Waals surface area contributed by atoms with Gasteiger partial charge < -0.3 is 5.73 Å². The lowest BCUT2D eigenvalue weighted by Gasteiger charge is -2.25. The van der Waals surface area contributed by atoms with Gasteiger partial charge in [0.1, 0.15) is 0 Å². The summed E-state index contributed by atoms with van der Waals surface area (Å²) in [5.74, 6) is 1.21. The van der Waals surface area contributed by atoms with Gasteiger partial charge in [0.05, 0.1) is 6.67 Å². The van der Waals surface area contributed by atoms with Gasteiger partial charge >= 0.3 is 0 Å². The Hall–Kier alpha value is 0.240. The van der Waals surface area contributed by atoms with Gasteiger partial charge in [-0.3, -0.25) is 4.39 Å². The molecule has 0 aromatic heterocycles. The van der Waals surface area contributed by atoms with E-state index in [-0.39, 0.29) is 11.4 Å². The Morgan fingerprint density at radius 1 is 1.55 bits per heavy atom. The molecule has 0 saturated carbocycles. The molecule has 0 aromatic carbocycles. The first kappa shape index (κ1) is 9.33. The van der Waals surface area contributed by atoms with Gasteiger partial charge in [-0.05, 0) is 31.4 Å². The molecule has 1 rings (SSSR count). The van der Waals surface area contributed by atoms with Gasteiger partial charge in [0.15, 0.2) is 0 Å². The molecule has 1 aliphatic heterocycles. The van der Waals surface area contributed by atoms with Gasteiger partial charge in [-0.2, -0.15) is 11.8 Å². The minimum atomic E-state index is -0.192. The van der Waals surface area contributed by atoms with E-state index >= 15 is 0 Å². The fraction of sp³-hybridized carbons (Fsp3) is 1.00. The molecule has 1 nitrogen and oxygen atoms in total. The minimum Gasteiger partial charge on any atom is -0.329 e. The first-order valence-electron chi connectivity index (χ1n) is 4.23. The number of hydrogen-bond acceptors (Lipinski definition) is 2. The zero-order valence-electron chi connectivity index (χ0n) is 6.81. The highest BCUT2D eigenvalue weighted by Crippen LogP contribution is 2.40. The van der Waals surface area contributed by atoms with Crippen molar-refractivity contribution in [2.24, 2.45) is 5.73 Å². The van der Waals surface area contributed by atoms with Crippen molar-refractivity contribution in [3.05, 3.63) is 0 Å². The SMILES string of the molecule is NCC1(CCCF)CCCS1. The summed E-state index contributed by atoms with van der Waals surface area (Å²) in [5, 5.41) is 0. The summed E-state index contributed by atoms with van der Waals surface area (Å²) in [6.07, 6.45) is 4.09. The molecule has 1 saturated heterocycles. The highest BCUT2D eigenvalue weighted by molar-refractivity contribution is 8.00. The second-order valence-electron chi connectivity index (χ2n) is 3.13. The van der Waals surface area contributed by atoms with E-state index in [2.05, 4.69) is 0 Å². The van der Waals surface area contributed by atoms with E-state index in [0.717, 1.165) is 13.0 Å². The van der Waals surface area contributed by atoms with Crippen LogP contribution in [0.4, 0.5) is 4.39 Å². The zero-order valence-corrected chi connectivity index (χ0v) is 7.63. The lowest BCUT2D eigenvalue weighted by molar-refractivity contribution is 0.421. The molecule has 0 radical (unpaired) electrons. The van der Waals surface area contributed by atoms with Crippen LogP contribution >= 0.6 is 11.8 Å². The fourth-order valence-electron chi connectivity index (χ4n) is 1.60. The second kappa shape index (κ2) is 4.31. The van der Waals surface area contributed by atoms with E-state index in [1.54, 1.807) is 0 Å². The van der Waals surface area contributed by atoms with Crippen molar-refractivity contribution in [3.63, 3.8) is 0 Å². The van der Waals surface area contributed by atoms with Gasteiger partial charge in [0.25, 0.3) is 0 Å². The molecule has 0 amide bonds. The van der Waals surface area contributed by atoms with Gasteiger partial charge in [-0.25, -0.2) is 0 Å². The molecule has 0 aliphatic carbocycles. The molecule has 2 N–H and O–H groups in total. The summed E-state index contributed by atoms with van der Waals surface area (Å²) in [4.78, 5) is 0. The topological polar surface area (TPSA) is 26.0 Å². The number of thioether (sulfide) groups is 1. The first-order valence-corrected chi connectivity index (χ1v) is 5.21. The molecule has 11 heavy (non-hydrogen) atoms. The zero-order chi connectivity index (χ0) is 8.16. The molecular formula is C8H16FNS. The van der Waals surface area contributed by atoms with Gasteiger partial charge in [-0.1, -0.05) is 0 Å². The quantitative estimate of drug-likeness (QED) is 0.710. The predicted molar refractivity (Wildman–Crippen MR) is 48.7 cm³/mol. The summed E-state index contributed by atoms with van der Waals surface area (Å²) >= 11 is 1.94. The van der Waals surface area contributed by atoms with Crippen molar-refractivity contribution in [2.45, 2.75) is 30.4 Å². The summed E-state index contributed by atoms with van der Waals surface area (Å²) < 4.78 is 12.1. The number of rotatable bonds is 4. The molecule has 1 heterocycles.